The Kier molecular flexibility index (Phi) is 6.13. The van der Waals surface area contributed by atoms with Gasteiger partial charge in [-0.1, -0.05) is 46.7 Å². The molecule has 1 aromatic heterocycles. The summed E-state index contributed by atoms with van der Waals surface area (Å²) in [5.74, 6) is -0.195. The summed E-state index contributed by atoms with van der Waals surface area (Å²) in [7, 11) is 0. The molecule has 1 amide bonds. The number of halogens is 2. The maximum atomic E-state index is 13.4. The van der Waals surface area contributed by atoms with Gasteiger partial charge in [0, 0.05) is 31.2 Å². The number of para-hydroxylation sites is 1. The van der Waals surface area contributed by atoms with Crippen molar-refractivity contribution in [2.24, 2.45) is 0 Å². The average molecular weight is 436 g/mol. The number of nitrogens with zero attached hydrogens (tertiary/aromatic N) is 3. The van der Waals surface area contributed by atoms with Gasteiger partial charge in [-0.25, -0.2) is 4.98 Å². The minimum atomic E-state index is -0.195. The number of ether oxygens (including phenoxy) is 1. The monoisotopic (exact) mass is 435 g/mol. The zero-order chi connectivity index (χ0) is 19.5. The predicted molar refractivity (Wildman–Crippen MR) is 115 cm³/mol. The van der Waals surface area contributed by atoms with Crippen LogP contribution in [0.4, 0.5) is 5.13 Å². The second-order valence-corrected chi connectivity index (χ2v) is 8.35. The van der Waals surface area contributed by atoms with E-state index >= 15 is 0 Å². The molecule has 0 atom stereocenters. The molecular formula is C20H19Cl2N3O2S. The Morgan fingerprint density at radius 3 is 2.75 bits per heavy atom. The first-order chi connectivity index (χ1) is 13.6. The third kappa shape index (κ3) is 4.31. The molecule has 0 unspecified atom stereocenters. The molecule has 8 heteroatoms. The van der Waals surface area contributed by atoms with Gasteiger partial charge in [-0.3, -0.25) is 14.6 Å². The van der Waals surface area contributed by atoms with Gasteiger partial charge in [-0.15, -0.1) is 0 Å². The molecule has 1 aliphatic rings. The number of aromatic nitrogens is 1. The van der Waals surface area contributed by atoms with Crippen LogP contribution in [0.5, 0.6) is 0 Å². The fourth-order valence-corrected chi connectivity index (χ4v) is 4.49. The topological polar surface area (TPSA) is 45.7 Å². The van der Waals surface area contributed by atoms with Gasteiger partial charge in [0.2, 0.25) is 0 Å². The van der Waals surface area contributed by atoms with Gasteiger partial charge in [0.1, 0.15) is 0 Å². The molecule has 146 valence electrons. The van der Waals surface area contributed by atoms with Crippen LogP contribution in [0.3, 0.4) is 0 Å². The maximum absolute atomic E-state index is 13.4. The second-order valence-electron chi connectivity index (χ2n) is 6.50. The largest absolute Gasteiger partial charge is 0.379 e. The number of anilines is 1. The summed E-state index contributed by atoms with van der Waals surface area (Å²) < 4.78 is 6.45. The Morgan fingerprint density at radius 2 is 1.96 bits per heavy atom. The molecule has 1 saturated heterocycles. The van der Waals surface area contributed by atoms with Gasteiger partial charge >= 0.3 is 0 Å². The van der Waals surface area contributed by atoms with Crippen molar-refractivity contribution in [2.75, 3.05) is 44.3 Å². The van der Waals surface area contributed by atoms with Gasteiger partial charge in [0.15, 0.2) is 5.13 Å². The van der Waals surface area contributed by atoms with Crippen molar-refractivity contribution >= 4 is 55.8 Å². The zero-order valence-electron chi connectivity index (χ0n) is 15.1. The summed E-state index contributed by atoms with van der Waals surface area (Å²) in [5, 5.41) is 1.52. The Bertz CT molecular complexity index is 955. The molecule has 1 fully saturated rings. The standard InChI is InChI=1S/C20H19Cl2N3O2S/c21-14-5-6-16(22)15(13-14)19(26)25(8-7-24-9-11-27-12-10-24)20-23-17-3-1-2-4-18(17)28-20/h1-6,13H,7-12H2. The summed E-state index contributed by atoms with van der Waals surface area (Å²) >= 11 is 13.9. The van der Waals surface area contributed by atoms with Gasteiger partial charge in [-0.2, -0.15) is 0 Å². The lowest BCUT2D eigenvalue weighted by Crippen LogP contribution is -2.43. The number of carbonyl (C=O) groups excluding carboxylic acids is 1. The Morgan fingerprint density at radius 1 is 1.18 bits per heavy atom. The SMILES string of the molecule is O=C(c1cc(Cl)ccc1Cl)N(CCN1CCOCC1)c1nc2ccccc2s1. The summed E-state index contributed by atoms with van der Waals surface area (Å²) in [6.45, 7) is 4.41. The third-order valence-corrected chi connectivity index (χ3v) is 6.29. The van der Waals surface area contributed by atoms with E-state index in [1.807, 2.05) is 24.3 Å². The van der Waals surface area contributed by atoms with E-state index in [1.165, 1.54) is 11.3 Å². The van der Waals surface area contributed by atoms with E-state index in [4.69, 9.17) is 27.9 Å². The predicted octanol–water partition coefficient (Wildman–Crippen LogP) is 4.58. The van der Waals surface area contributed by atoms with Gasteiger partial charge in [0.25, 0.3) is 5.91 Å². The van der Waals surface area contributed by atoms with Crippen LogP contribution in [-0.2, 0) is 4.74 Å². The first kappa shape index (κ1) is 19.6. The highest BCUT2D eigenvalue weighted by molar-refractivity contribution is 7.22. The van der Waals surface area contributed by atoms with Crippen molar-refractivity contribution in [2.45, 2.75) is 0 Å². The number of thiazole rings is 1. The van der Waals surface area contributed by atoms with E-state index in [-0.39, 0.29) is 5.91 Å². The minimum Gasteiger partial charge on any atom is -0.379 e. The van der Waals surface area contributed by atoms with Gasteiger partial charge in [0.05, 0.1) is 34.0 Å². The highest BCUT2D eigenvalue weighted by Crippen LogP contribution is 2.31. The van der Waals surface area contributed by atoms with Crippen LogP contribution in [0.2, 0.25) is 10.0 Å². The molecule has 0 bridgehead atoms. The number of hydrogen-bond donors (Lipinski definition) is 0. The highest BCUT2D eigenvalue weighted by atomic mass is 35.5. The smallest absolute Gasteiger partial charge is 0.261 e. The van der Waals surface area contributed by atoms with Crippen LogP contribution in [0, 0.1) is 0 Å². The van der Waals surface area contributed by atoms with E-state index in [1.54, 1.807) is 23.1 Å². The van der Waals surface area contributed by atoms with Gasteiger partial charge in [-0.05, 0) is 30.3 Å². The number of benzene rings is 2. The second kappa shape index (κ2) is 8.76. The lowest BCUT2D eigenvalue weighted by Gasteiger charge is -2.29. The Hall–Kier alpha value is -1.70. The molecule has 0 saturated carbocycles. The Balaban J connectivity index is 1.65. The molecule has 2 aromatic carbocycles. The molecule has 2 heterocycles. The quantitative estimate of drug-likeness (QED) is 0.588. The van der Waals surface area contributed by atoms with Crippen LogP contribution in [0.1, 0.15) is 10.4 Å². The third-order valence-electron chi connectivity index (χ3n) is 4.66. The number of carbonyl (C=O) groups is 1. The fourth-order valence-electron chi connectivity index (χ4n) is 3.13. The molecule has 0 aliphatic carbocycles. The summed E-state index contributed by atoms with van der Waals surface area (Å²) in [5.41, 5.74) is 1.26. The van der Waals surface area contributed by atoms with E-state index < -0.39 is 0 Å². The average Bonchev–Trinajstić information content (AvgIpc) is 3.14. The van der Waals surface area contributed by atoms with Crippen molar-refractivity contribution in [1.29, 1.82) is 0 Å². The molecule has 0 N–H and O–H groups in total. The van der Waals surface area contributed by atoms with Gasteiger partial charge < -0.3 is 4.74 Å². The van der Waals surface area contributed by atoms with E-state index in [2.05, 4.69) is 9.88 Å². The summed E-state index contributed by atoms with van der Waals surface area (Å²) in [6.07, 6.45) is 0. The number of morpholine rings is 1. The first-order valence-electron chi connectivity index (χ1n) is 9.04. The molecular weight excluding hydrogens is 417 g/mol. The van der Waals surface area contributed by atoms with E-state index in [0.29, 0.717) is 27.3 Å². The normalized spacial score (nSPS) is 15.1. The van der Waals surface area contributed by atoms with Crippen LogP contribution in [-0.4, -0.2) is 55.2 Å². The molecule has 4 rings (SSSR count). The molecule has 0 spiro atoms. The van der Waals surface area contributed by atoms with Crippen molar-refractivity contribution < 1.29 is 9.53 Å². The number of hydrogen-bond acceptors (Lipinski definition) is 5. The fraction of sp³-hybridized carbons (Fsp3) is 0.300. The van der Waals surface area contributed by atoms with Crippen molar-refractivity contribution in [3.63, 3.8) is 0 Å². The summed E-state index contributed by atoms with van der Waals surface area (Å²) in [6, 6.07) is 12.8. The number of rotatable bonds is 5. The van der Waals surface area contributed by atoms with Crippen LogP contribution < -0.4 is 4.90 Å². The van der Waals surface area contributed by atoms with Crippen LogP contribution >= 0.6 is 34.5 Å². The van der Waals surface area contributed by atoms with E-state index in [0.717, 1.165) is 43.1 Å². The van der Waals surface area contributed by atoms with Crippen molar-refractivity contribution in [3.8, 4) is 0 Å². The molecule has 5 nitrogen and oxygen atoms in total. The lowest BCUT2D eigenvalue weighted by molar-refractivity contribution is 0.0391. The zero-order valence-corrected chi connectivity index (χ0v) is 17.4. The molecule has 3 aromatic rings. The molecule has 0 radical (unpaired) electrons. The number of fused-ring (bicyclic) bond motifs is 1. The minimum absolute atomic E-state index is 0.195. The molecule has 1 aliphatic heterocycles. The number of amides is 1. The van der Waals surface area contributed by atoms with Crippen LogP contribution in [0.15, 0.2) is 42.5 Å². The van der Waals surface area contributed by atoms with Crippen LogP contribution in [0.25, 0.3) is 10.2 Å². The van der Waals surface area contributed by atoms with Crippen molar-refractivity contribution in [3.05, 3.63) is 58.1 Å². The maximum Gasteiger partial charge on any atom is 0.261 e. The lowest BCUT2D eigenvalue weighted by atomic mass is 10.2. The summed E-state index contributed by atoms with van der Waals surface area (Å²) in [4.78, 5) is 22.0. The first-order valence-corrected chi connectivity index (χ1v) is 10.6. The van der Waals surface area contributed by atoms with E-state index in [9.17, 15) is 4.79 Å². The molecule has 28 heavy (non-hydrogen) atoms. The highest BCUT2D eigenvalue weighted by Gasteiger charge is 2.24. The Labute approximate surface area is 177 Å². The van der Waals surface area contributed by atoms with Crippen molar-refractivity contribution in [1.82, 2.24) is 9.88 Å².